The summed E-state index contributed by atoms with van der Waals surface area (Å²) in [5.74, 6) is -0.606. The monoisotopic (exact) mass is 185 g/mol. The minimum absolute atomic E-state index is 0.425. The number of carboxylic acids is 1. The van der Waals surface area contributed by atoms with Crippen LogP contribution in [0.3, 0.4) is 0 Å². The summed E-state index contributed by atoms with van der Waals surface area (Å²) >= 11 is 0. The Kier molecular flexibility index (Phi) is 3.31. The fourth-order valence-corrected chi connectivity index (χ4v) is 2.02. The zero-order chi connectivity index (χ0) is 9.90. The summed E-state index contributed by atoms with van der Waals surface area (Å²) in [6.07, 6.45) is 2.39. The van der Waals surface area contributed by atoms with Gasteiger partial charge in [0, 0.05) is 0 Å². The molecule has 0 aromatic rings. The Morgan fingerprint density at radius 3 is 2.23 bits per heavy atom. The van der Waals surface area contributed by atoms with Gasteiger partial charge in [0.1, 0.15) is 0 Å². The fraction of sp³-hybridized carbons (Fsp3) is 0.900. The van der Waals surface area contributed by atoms with Crippen molar-refractivity contribution in [3.05, 3.63) is 0 Å². The molecule has 1 aliphatic rings. The number of nitrogens with zero attached hydrogens (tertiary/aromatic N) is 1. The van der Waals surface area contributed by atoms with Crippen LogP contribution in [-0.2, 0) is 4.79 Å². The van der Waals surface area contributed by atoms with E-state index >= 15 is 0 Å². The predicted octanol–water partition coefficient (Wildman–Crippen LogP) is 1.58. The highest BCUT2D eigenvalue weighted by Gasteiger charge is 2.39. The minimum atomic E-state index is -0.606. The number of carboxylic acid groups (broad SMARTS) is 1. The molecule has 0 saturated carbocycles. The van der Waals surface area contributed by atoms with E-state index in [2.05, 4.69) is 11.8 Å². The van der Waals surface area contributed by atoms with E-state index in [0.717, 1.165) is 38.9 Å². The van der Waals surface area contributed by atoms with Crippen LogP contribution in [0, 0.1) is 5.41 Å². The van der Waals surface area contributed by atoms with Gasteiger partial charge >= 0.3 is 5.97 Å². The highest BCUT2D eigenvalue weighted by atomic mass is 16.4. The van der Waals surface area contributed by atoms with E-state index in [1.807, 2.05) is 6.92 Å². The first-order valence-corrected chi connectivity index (χ1v) is 5.10. The molecular formula is C10H19NO2. The molecule has 0 aliphatic carbocycles. The van der Waals surface area contributed by atoms with Crippen molar-refractivity contribution in [2.24, 2.45) is 5.41 Å². The molecule has 1 N–H and O–H groups in total. The quantitative estimate of drug-likeness (QED) is 0.725. The molecule has 1 heterocycles. The maximum atomic E-state index is 11.1. The standard InChI is InChI=1S/C10H19NO2/c1-3-10(9(12)13)5-7-11(4-2)8-6-10/h3-8H2,1-2H3,(H,12,13). The lowest BCUT2D eigenvalue weighted by Gasteiger charge is -2.37. The normalized spacial score (nSPS) is 22.9. The lowest BCUT2D eigenvalue weighted by Crippen LogP contribution is -2.43. The van der Waals surface area contributed by atoms with Crippen LogP contribution in [-0.4, -0.2) is 35.6 Å². The van der Waals surface area contributed by atoms with Gasteiger partial charge in [-0.05, 0) is 38.9 Å². The highest BCUT2D eigenvalue weighted by Crippen LogP contribution is 2.34. The summed E-state index contributed by atoms with van der Waals surface area (Å²) in [5.41, 5.74) is -0.425. The highest BCUT2D eigenvalue weighted by molar-refractivity contribution is 5.74. The van der Waals surface area contributed by atoms with Gasteiger partial charge in [-0.25, -0.2) is 0 Å². The zero-order valence-corrected chi connectivity index (χ0v) is 8.55. The van der Waals surface area contributed by atoms with Crippen molar-refractivity contribution in [1.82, 2.24) is 4.90 Å². The molecule has 1 aliphatic heterocycles. The Morgan fingerprint density at radius 1 is 1.38 bits per heavy atom. The van der Waals surface area contributed by atoms with Gasteiger partial charge in [-0.15, -0.1) is 0 Å². The predicted molar refractivity (Wildman–Crippen MR) is 51.7 cm³/mol. The molecule has 13 heavy (non-hydrogen) atoms. The van der Waals surface area contributed by atoms with Crippen LogP contribution in [0.5, 0.6) is 0 Å². The van der Waals surface area contributed by atoms with Crippen LogP contribution in [0.4, 0.5) is 0 Å². The van der Waals surface area contributed by atoms with Crippen molar-refractivity contribution >= 4 is 5.97 Å². The van der Waals surface area contributed by atoms with E-state index < -0.39 is 11.4 Å². The summed E-state index contributed by atoms with van der Waals surface area (Å²) < 4.78 is 0. The molecule has 76 valence electrons. The van der Waals surface area contributed by atoms with Gasteiger partial charge in [0.25, 0.3) is 0 Å². The third-order valence-electron chi connectivity index (χ3n) is 3.39. The maximum Gasteiger partial charge on any atom is 0.309 e. The van der Waals surface area contributed by atoms with Crippen molar-refractivity contribution in [2.45, 2.75) is 33.1 Å². The number of hydrogen-bond acceptors (Lipinski definition) is 2. The molecule has 0 atom stereocenters. The van der Waals surface area contributed by atoms with Gasteiger partial charge in [-0.2, -0.15) is 0 Å². The average molecular weight is 185 g/mol. The second-order valence-electron chi connectivity index (χ2n) is 3.87. The first-order valence-electron chi connectivity index (χ1n) is 5.10. The van der Waals surface area contributed by atoms with Crippen LogP contribution in [0.25, 0.3) is 0 Å². The number of carbonyl (C=O) groups is 1. The van der Waals surface area contributed by atoms with Crippen LogP contribution in [0.15, 0.2) is 0 Å². The van der Waals surface area contributed by atoms with Crippen LogP contribution < -0.4 is 0 Å². The molecular weight excluding hydrogens is 166 g/mol. The summed E-state index contributed by atoms with van der Waals surface area (Å²) in [5, 5.41) is 9.13. The van der Waals surface area contributed by atoms with Crippen molar-refractivity contribution < 1.29 is 9.90 Å². The number of rotatable bonds is 3. The van der Waals surface area contributed by atoms with Crippen molar-refractivity contribution in [3.8, 4) is 0 Å². The van der Waals surface area contributed by atoms with E-state index in [1.54, 1.807) is 0 Å². The van der Waals surface area contributed by atoms with Crippen LogP contribution in [0.2, 0.25) is 0 Å². The molecule has 0 radical (unpaired) electrons. The van der Waals surface area contributed by atoms with Crippen LogP contribution in [0.1, 0.15) is 33.1 Å². The molecule has 0 amide bonds. The lowest BCUT2D eigenvalue weighted by atomic mass is 9.76. The van der Waals surface area contributed by atoms with Crippen molar-refractivity contribution in [2.75, 3.05) is 19.6 Å². The third-order valence-corrected chi connectivity index (χ3v) is 3.39. The van der Waals surface area contributed by atoms with Crippen molar-refractivity contribution in [1.29, 1.82) is 0 Å². The zero-order valence-electron chi connectivity index (χ0n) is 8.55. The number of hydrogen-bond donors (Lipinski definition) is 1. The average Bonchev–Trinajstić information content (AvgIpc) is 2.17. The van der Waals surface area contributed by atoms with Crippen molar-refractivity contribution in [3.63, 3.8) is 0 Å². The number of aliphatic carboxylic acids is 1. The molecule has 1 saturated heterocycles. The molecule has 0 aromatic heterocycles. The summed E-state index contributed by atoms with van der Waals surface area (Å²) in [6.45, 7) is 7.03. The van der Waals surface area contributed by atoms with Gasteiger partial charge in [-0.1, -0.05) is 13.8 Å². The summed E-state index contributed by atoms with van der Waals surface area (Å²) in [4.78, 5) is 13.4. The molecule has 0 aromatic carbocycles. The van der Waals surface area contributed by atoms with Gasteiger partial charge in [0.05, 0.1) is 5.41 Å². The van der Waals surface area contributed by atoms with E-state index in [4.69, 9.17) is 5.11 Å². The topological polar surface area (TPSA) is 40.5 Å². The lowest BCUT2D eigenvalue weighted by molar-refractivity contribution is -0.152. The molecule has 1 rings (SSSR count). The molecule has 3 nitrogen and oxygen atoms in total. The second kappa shape index (κ2) is 4.09. The Balaban J connectivity index is 2.58. The Bertz CT molecular complexity index is 183. The van der Waals surface area contributed by atoms with E-state index in [1.165, 1.54) is 0 Å². The largest absolute Gasteiger partial charge is 0.481 e. The van der Waals surface area contributed by atoms with E-state index in [9.17, 15) is 4.79 Å². The molecule has 3 heteroatoms. The Labute approximate surface area is 79.7 Å². The van der Waals surface area contributed by atoms with Gasteiger partial charge < -0.3 is 10.0 Å². The van der Waals surface area contributed by atoms with Gasteiger partial charge in [0.2, 0.25) is 0 Å². The summed E-state index contributed by atoms with van der Waals surface area (Å²) in [6, 6.07) is 0. The first-order chi connectivity index (χ1) is 6.14. The molecule has 0 spiro atoms. The fourth-order valence-electron chi connectivity index (χ4n) is 2.02. The molecule has 1 fully saturated rings. The number of piperidine rings is 1. The Hall–Kier alpha value is -0.570. The summed E-state index contributed by atoms with van der Waals surface area (Å²) in [7, 11) is 0. The van der Waals surface area contributed by atoms with E-state index in [-0.39, 0.29) is 0 Å². The Morgan fingerprint density at radius 2 is 1.92 bits per heavy atom. The maximum absolute atomic E-state index is 11.1. The molecule has 0 bridgehead atoms. The number of likely N-dealkylation sites (tertiary alicyclic amines) is 1. The third kappa shape index (κ3) is 2.02. The van der Waals surface area contributed by atoms with Gasteiger partial charge in [0.15, 0.2) is 0 Å². The smallest absolute Gasteiger partial charge is 0.309 e. The molecule has 0 unspecified atom stereocenters. The SMILES string of the molecule is CCN1CCC(CC)(C(=O)O)CC1. The van der Waals surface area contributed by atoms with E-state index in [0.29, 0.717) is 0 Å². The first kappa shape index (κ1) is 10.5. The van der Waals surface area contributed by atoms with Crippen LogP contribution >= 0.6 is 0 Å². The van der Waals surface area contributed by atoms with Gasteiger partial charge in [-0.3, -0.25) is 4.79 Å². The second-order valence-corrected chi connectivity index (χ2v) is 3.87. The minimum Gasteiger partial charge on any atom is -0.481 e.